The van der Waals surface area contributed by atoms with E-state index in [1.54, 1.807) is 7.11 Å². The number of carbonyl (C=O) groups is 1. The Morgan fingerprint density at radius 1 is 1.17 bits per heavy atom. The van der Waals surface area contributed by atoms with Crippen LogP contribution < -0.4 is 15.4 Å². The Hall–Kier alpha value is -2.49. The number of urea groups is 1. The predicted molar refractivity (Wildman–Crippen MR) is 90.5 cm³/mol. The summed E-state index contributed by atoms with van der Waals surface area (Å²) >= 11 is 0. The summed E-state index contributed by atoms with van der Waals surface area (Å²) in [5, 5.41) is 6.02. The Kier molecular flexibility index (Phi) is 4.81. The van der Waals surface area contributed by atoms with Crippen LogP contribution in [0.5, 0.6) is 5.75 Å². The van der Waals surface area contributed by atoms with Crippen LogP contribution in [0.4, 0.5) is 4.79 Å². The molecule has 0 aliphatic heterocycles. The second-order valence-electron chi connectivity index (χ2n) is 5.82. The van der Waals surface area contributed by atoms with Crippen LogP contribution in [0.2, 0.25) is 0 Å². The smallest absolute Gasteiger partial charge is 0.315 e. The largest absolute Gasteiger partial charge is 0.497 e. The van der Waals surface area contributed by atoms with Gasteiger partial charge in [-0.25, -0.2) is 4.79 Å². The van der Waals surface area contributed by atoms with Crippen molar-refractivity contribution in [3.8, 4) is 5.75 Å². The second-order valence-corrected chi connectivity index (χ2v) is 5.82. The minimum atomic E-state index is -0.123. The Labute approximate surface area is 136 Å². The molecule has 0 spiro atoms. The molecule has 0 bridgehead atoms. The summed E-state index contributed by atoms with van der Waals surface area (Å²) in [6.07, 6.45) is 3.20. The van der Waals surface area contributed by atoms with Crippen LogP contribution in [-0.2, 0) is 13.0 Å². The van der Waals surface area contributed by atoms with Crippen molar-refractivity contribution in [3.05, 3.63) is 65.2 Å². The number of hydrogen-bond acceptors (Lipinski definition) is 2. The minimum absolute atomic E-state index is 0.107. The van der Waals surface area contributed by atoms with Gasteiger partial charge in [0.15, 0.2) is 0 Å². The van der Waals surface area contributed by atoms with Crippen LogP contribution in [0.3, 0.4) is 0 Å². The van der Waals surface area contributed by atoms with Crippen molar-refractivity contribution in [2.24, 2.45) is 0 Å². The minimum Gasteiger partial charge on any atom is -0.497 e. The van der Waals surface area contributed by atoms with E-state index < -0.39 is 0 Å². The summed E-state index contributed by atoms with van der Waals surface area (Å²) in [6.45, 7) is 0.504. The molecule has 2 N–H and O–H groups in total. The average molecular weight is 310 g/mol. The Morgan fingerprint density at radius 2 is 1.96 bits per heavy atom. The van der Waals surface area contributed by atoms with Crippen molar-refractivity contribution in [2.45, 2.75) is 31.8 Å². The average Bonchev–Trinajstić information content (AvgIpc) is 2.61. The highest BCUT2D eigenvalue weighted by atomic mass is 16.5. The lowest BCUT2D eigenvalue weighted by Gasteiger charge is -2.26. The molecule has 23 heavy (non-hydrogen) atoms. The first-order valence-corrected chi connectivity index (χ1v) is 8.01. The van der Waals surface area contributed by atoms with E-state index in [0.717, 1.165) is 30.6 Å². The molecule has 2 aromatic rings. The number of carbonyl (C=O) groups excluding carboxylic acids is 1. The molecule has 0 radical (unpaired) electrons. The summed E-state index contributed by atoms with van der Waals surface area (Å²) in [4.78, 5) is 12.2. The van der Waals surface area contributed by atoms with Gasteiger partial charge in [0, 0.05) is 6.54 Å². The van der Waals surface area contributed by atoms with Gasteiger partial charge in [-0.1, -0.05) is 36.4 Å². The zero-order chi connectivity index (χ0) is 16.1. The van der Waals surface area contributed by atoms with Gasteiger partial charge in [-0.05, 0) is 48.1 Å². The summed E-state index contributed by atoms with van der Waals surface area (Å²) in [5.74, 6) is 0.817. The summed E-state index contributed by atoms with van der Waals surface area (Å²) in [6, 6.07) is 16.0. The Morgan fingerprint density at radius 3 is 2.74 bits per heavy atom. The van der Waals surface area contributed by atoms with E-state index in [9.17, 15) is 4.79 Å². The van der Waals surface area contributed by atoms with E-state index in [1.165, 1.54) is 11.1 Å². The predicted octanol–water partition coefficient (Wildman–Crippen LogP) is 3.57. The van der Waals surface area contributed by atoms with Crippen LogP contribution >= 0.6 is 0 Å². The van der Waals surface area contributed by atoms with Crippen molar-refractivity contribution in [1.29, 1.82) is 0 Å². The van der Waals surface area contributed by atoms with Crippen molar-refractivity contribution < 1.29 is 9.53 Å². The van der Waals surface area contributed by atoms with E-state index in [4.69, 9.17) is 4.74 Å². The van der Waals surface area contributed by atoms with Crippen molar-refractivity contribution in [1.82, 2.24) is 10.6 Å². The third kappa shape index (κ3) is 3.83. The molecule has 0 saturated carbocycles. The van der Waals surface area contributed by atoms with E-state index >= 15 is 0 Å². The van der Waals surface area contributed by atoms with Gasteiger partial charge in [-0.3, -0.25) is 0 Å². The highest BCUT2D eigenvalue weighted by Gasteiger charge is 2.21. The maximum Gasteiger partial charge on any atom is 0.315 e. The Bertz CT molecular complexity index is 667. The van der Waals surface area contributed by atoms with Crippen LogP contribution in [0, 0.1) is 0 Å². The molecule has 2 aromatic carbocycles. The lowest BCUT2D eigenvalue weighted by molar-refractivity contribution is 0.235. The number of fused-ring (bicyclic) bond motifs is 1. The molecule has 0 saturated heterocycles. The molecule has 4 nitrogen and oxygen atoms in total. The lowest BCUT2D eigenvalue weighted by atomic mass is 9.88. The second kappa shape index (κ2) is 7.18. The van der Waals surface area contributed by atoms with Crippen molar-refractivity contribution in [3.63, 3.8) is 0 Å². The van der Waals surface area contributed by atoms with Gasteiger partial charge in [0.2, 0.25) is 0 Å². The van der Waals surface area contributed by atoms with E-state index in [-0.39, 0.29) is 12.1 Å². The quantitative estimate of drug-likeness (QED) is 0.907. The van der Waals surface area contributed by atoms with Crippen LogP contribution in [0.15, 0.2) is 48.5 Å². The molecule has 3 rings (SSSR count). The topological polar surface area (TPSA) is 50.4 Å². The maximum atomic E-state index is 12.2. The standard InChI is InChI=1S/C19H22N2O2/c1-23-16-11-9-14(10-12-16)13-20-19(22)21-18-8-4-6-15-5-2-3-7-17(15)18/h2-3,5,7,9-12,18H,4,6,8,13H2,1H3,(H2,20,21,22). The summed E-state index contributed by atoms with van der Waals surface area (Å²) in [7, 11) is 1.64. The van der Waals surface area contributed by atoms with Crippen LogP contribution in [0.25, 0.3) is 0 Å². The van der Waals surface area contributed by atoms with Gasteiger partial charge in [-0.15, -0.1) is 0 Å². The number of hydrogen-bond donors (Lipinski definition) is 2. The molecule has 2 amide bonds. The summed E-state index contributed by atoms with van der Waals surface area (Å²) in [5.41, 5.74) is 3.64. The van der Waals surface area contributed by atoms with Crippen molar-refractivity contribution >= 4 is 6.03 Å². The molecule has 1 aliphatic carbocycles. The third-order valence-electron chi connectivity index (χ3n) is 4.29. The number of ether oxygens (including phenoxy) is 1. The van der Waals surface area contributed by atoms with Crippen molar-refractivity contribution in [2.75, 3.05) is 7.11 Å². The first-order valence-electron chi connectivity index (χ1n) is 8.01. The zero-order valence-electron chi connectivity index (χ0n) is 13.3. The first kappa shape index (κ1) is 15.4. The SMILES string of the molecule is COc1ccc(CNC(=O)NC2CCCc3ccccc32)cc1. The molecule has 4 heteroatoms. The van der Waals surface area contributed by atoms with Crippen LogP contribution in [-0.4, -0.2) is 13.1 Å². The van der Waals surface area contributed by atoms with Gasteiger partial charge in [0.25, 0.3) is 0 Å². The molecule has 1 atom stereocenters. The normalized spacial score (nSPS) is 16.3. The first-order chi connectivity index (χ1) is 11.3. The van der Waals surface area contributed by atoms with Gasteiger partial charge in [-0.2, -0.15) is 0 Å². The number of methoxy groups -OCH3 is 1. The van der Waals surface area contributed by atoms with Gasteiger partial charge in [0.05, 0.1) is 13.2 Å². The highest BCUT2D eigenvalue weighted by molar-refractivity contribution is 5.74. The number of amides is 2. The zero-order valence-corrected chi connectivity index (χ0v) is 13.3. The van der Waals surface area contributed by atoms with Gasteiger partial charge in [0.1, 0.15) is 5.75 Å². The molecule has 120 valence electrons. The molecule has 0 aromatic heterocycles. The number of aryl methyl sites for hydroxylation is 1. The molecule has 1 unspecified atom stereocenters. The van der Waals surface area contributed by atoms with Gasteiger partial charge >= 0.3 is 6.03 Å². The van der Waals surface area contributed by atoms with Gasteiger partial charge < -0.3 is 15.4 Å². The fraction of sp³-hybridized carbons (Fsp3) is 0.316. The maximum absolute atomic E-state index is 12.2. The molecule has 0 fully saturated rings. The fourth-order valence-electron chi connectivity index (χ4n) is 3.04. The number of rotatable bonds is 4. The van der Waals surface area contributed by atoms with Crippen LogP contribution in [0.1, 0.15) is 35.6 Å². The molecule has 0 heterocycles. The third-order valence-corrected chi connectivity index (χ3v) is 4.29. The highest BCUT2D eigenvalue weighted by Crippen LogP contribution is 2.29. The van der Waals surface area contributed by atoms with E-state index in [1.807, 2.05) is 30.3 Å². The van der Waals surface area contributed by atoms with E-state index in [2.05, 4.69) is 28.8 Å². The fourth-order valence-corrected chi connectivity index (χ4v) is 3.04. The number of benzene rings is 2. The lowest BCUT2D eigenvalue weighted by Crippen LogP contribution is -2.38. The Balaban J connectivity index is 1.55. The molecular weight excluding hydrogens is 288 g/mol. The molecule has 1 aliphatic rings. The molecular formula is C19H22N2O2. The summed E-state index contributed by atoms with van der Waals surface area (Å²) < 4.78 is 5.13. The van der Waals surface area contributed by atoms with E-state index in [0.29, 0.717) is 6.54 Å². The monoisotopic (exact) mass is 310 g/mol. The number of nitrogens with one attached hydrogen (secondary N) is 2.